The summed E-state index contributed by atoms with van der Waals surface area (Å²) in [5.74, 6) is -2.44. The minimum absolute atomic E-state index is 0.133. The van der Waals surface area contributed by atoms with Gasteiger partial charge in [-0.2, -0.15) is 0 Å². The maximum absolute atomic E-state index is 12.6. The van der Waals surface area contributed by atoms with Crippen LogP contribution in [-0.2, 0) is 37.5 Å². The maximum Gasteiger partial charge on any atom is 0.472 e. The lowest BCUT2D eigenvalue weighted by atomic mass is 10.1. The van der Waals surface area contributed by atoms with Gasteiger partial charge in [0.25, 0.3) is 0 Å². The molecule has 0 saturated carbocycles. The number of rotatable bonds is 40. The zero-order valence-electron chi connectivity index (χ0n) is 36.8. The number of nitrogens with two attached hydrogens (primary N) is 1. The van der Waals surface area contributed by atoms with Crippen LogP contribution in [0.15, 0.2) is 97.2 Å². The van der Waals surface area contributed by atoms with Gasteiger partial charge < -0.3 is 25.2 Å². The average molecular weight is 860 g/mol. The van der Waals surface area contributed by atoms with Crippen LogP contribution >= 0.6 is 7.82 Å². The van der Waals surface area contributed by atoms with E-state index in [-0.39, 0.29) is 19.4 Å². The lowest BCUT2D eigenvalue weighted by molar-refractivity contribution is -0.161. The largest absolute Gasteiger partial charge is 0.480 e. The zero-order chi connectivity index (χ0) is 44.2. The van der Waals surface area contributed by atoms with Crippen molar-refractivity contribution in [3.05, 3.63) is 97.2 Å². The van der Waals surface area contributed by atoms with Crippen LogP contribution in [0, 0.1) is 0 Å². The van der Waals surface area contributed by atoms with Crippen molar-refractivity contribution < 1.29 is 47.5 Å². The number of unbranched alkanes of at least 4 members (excludes halogenated alkanes) is 10. The Kier molecular flexibility index (Phi) is 39.6. The number of allylic oxidation sites excluding steroid dienone is 16. The van der Waals surface area contributed by atoms with Crippen LogP contribution in [-0.4, -0.2) is 59.9 Å². The molecule has 3 atom stereocenters. The summed E-state index contributed by atoms with van der Waals surface area (Å²) in [4.78, 5) is 46.0. The fourth-order valence-electron chi connectivity index (χ4n) is 5.40. The van der Waals surface area contributed by atoms with Crippen molar-refractivity contribution in [1.82, 2.24) is 0 Å². The fourth-order valence-corrected chi connectivity index (χ4v) is 6.18. The summed E-state index contributed by atoms with van der Waals surface area (Å²) in [5, 5.41) is 8.90. The lowest BCUT2D eigenvalue weighted by Crippen LogP contribution is -2.34. The fraction of sp³-hybridized carbons (Fsp3) is 0.604. The van der Waals surface area contributed by atoms with Gasteiger partial charge in [0.15, 0.2) is 6.10 Å². The molecule has 340 valence electrons. The van der Waals surface area contributed by atoms with E-state index in [0.29, 0.717) is 12.8 Å². The second kappa shape index (κ2) is 42.1. The van der Waals surface area contributed by atoms with E-state index in [0.717, 1.165) is 116 Å². The highest BCUT2D eigenvalue weighted by Crippen LogP contribution is 2.43. The summed E-state index contributed by atoms with van der Waals surface area (Å²) in [6, 6.07) is -1.53. The molecule has 0 rings (SSSR count). The van der Waals surface area contributed by atoms with Crippen LogP contribution in [0.25, 0.3) is 0 Å². The maximum atomic E-state index is 12.6. The molecule has 0 aliphatic heterocycles. The summed E-state index contributed by atoms with van der Waals surface area (Å²) in [6.45, 7) is 2.52. The highest BCUT2D eigenvalue weighted by Gasteiger charge is 2.28. The van der Waals surface area contributed by atoms with Gasteiger partial charge in [-0.15, -0.1) is 0 Å². The van der Waals surface area contributed by atoms with E-state index in [9.17, 15) is 23.8 Å². The topological polar surface area (TPSA) is 172 Å². The third kappa shape index (κ3) is 41.1. The number of hydrogen-bond donors (Lipinski definition) is 3. The molecule has 0 heterocycles. The Labute approximate surface area is 362 Å². The Balaban J connectivity index is 4.44. The van der Waals surface area contributed by atoms with Crippen LogP contribution in [0.3, 0.4) is 0 Å². The third-order valence-electron chi connectivity index (χ3n) is 8.83. The standard InChI is InChI=1S/C48H78NO10P/c1-3-5-7-9-11-13-15-17-19-21-22-24-26-28-30-32-34-36-38-40-47(51)59-44(42-57-60(54,55)58-43-45(49)48(52)53)41-56-46(50)39-37-35-33-31-29-27-25-23-20-18-16-14-12-10-8-6-4-2/h5-8,11-14,17-20,22,24-25,27,44-45H,3-4,9-10,15-16,21,23,26,28-43,49H2,1-2H3,(H,52,53)(H,54,55)/b7-5-,8-6-,13-11-,14-12-,19-17-,20-18-,24-22-,27-25-. The van der Waals surface area contributed by atoms with Crippen LogP contribution in [0.4, 0.5) is 0 Å². The molecule has 0 aromatic carbocycles. The molecule has 0 fully saturated rings. The first-order valence-electron chi connectivity index (χ1n) is 22.3. The summed E-state index contributed by atoms with van der Waals surface area (Å²) >= 11 is 0. The first-order valence-corrected chi connectivity index (χ1v) is 23.8. The molecule has 0 saturated heterocycles. The van der Waals surface area contributed by atoms with Crippen molar-refractivity contribution in [3.63, 3.8) is 0 Å². The molecule has 11 nitrogen and oxygen atoms in total. The quantitative estimate of drug-likeness (QED) is 0.0232. The minimum Gasteiger partial charge on any atom is -0.480 e. The molecule has 3 unspecified atom stereocenters. The average Bonchev–Trinajstić information content (AvgIpc) is 3.22. The molecule has 0 amide bonds. The van der Waals surface area contributed by atoms with E-state index < -0.39 is 51.1 Å². The van der Waals surface area contributed by atoms with Gasteiger partial charge in [0.05, 0.1) is 13.2 Å². The lowest BCUT2D eigenvalue weighted by Gasteiger charge is -2.20. The number of carbonyl (C=O) groups is 3. The van der Waals surface area contributed by atoms with Crippen molar-refractivity contribution in [2.45, 2.75) is 167 Å². The highest BCUT2D eigenvalue weighted by atomic mass is 31.2. The predicted molar refractivity (Wildman–Crippen MR) is 244 cm³/mol. The van der Waals surface area contributed by atoms with E-state index in [1.54, 1.807) is 0 Å². The molecule has 0 aliphatic carbocycles. The van der Waals surface area contributed by atoms with E-state index in [1.807, 2.05) is 0 Å². The van der Waals surface area contributed by atoms with Crippen molar-refractivity contribution in [2.24, 2.45) is 5.73 Å². The minimum atomic E-state index is -4.74. The van der Waals surface area contributed by atoms with Crippen molar-refractivity contribution >= 4 is 25.7 Å². The van der Waals surface area contributed by atoms with Gasteiger partial charge in [-0.3, -0.25) is 23.4 Å². The summed E-state index contributed by atoms with van der Waals surface area (Å²) in [5.41, 5.74) is 5.33. The second-order valence-corrected chi connectivity index (χ2v) is 15.9. The van der Waals surface area contributed by atoms with Crippen LogP contribution < -0.4 is 5.73 Å². The Morgan fingerprint density at radius 2 is 0.883 bits per heavy atom. The third-order valence-corrected chi connectivity index (χ3v) is 9.78. The number of carbonyl (C=O) groups excluding carboxylic acids is 2. The van der Waals surface area contributed by atoms with Gasteiger partial charge in [-0.05, 0) is 89.9 Å². The van der Waals surface area contributed by atoms with Gasteiger partial charge in [0.1, 0.15) is 12.6 Å². The smallest absolute Gasteiger partial charge is 0.472 e. The van der Waals surface area contributed by atoms with Crippen LogP contribution in [0.1, 0.15) is 155 Å². The van der Waals surface area contributed by atoms with Crippen LogP contribution in [0.5, 0.6) is 0 Å². The molecule has 4 N–H and O–H groups in total. The Bertz CT molecular complexity index is 1380. The summed E-state index contributed by atoms with van der Waals surface area (Å²) < 4.78 is 32.7. The van der Waals surface area contributed by atoms with Gasteiger partial charge in [-0.25, -0.2) is 4.57 Å². The molecule has 0 aromatic heterocycles. The van der Waals surface area contributed by atoms with E-state index in [2.05, 4.69) is 116 Å². The van der Waals surface area contributed by atoms with Crippen molar-refractivity contribution in [1.29, 1.82) is 0 Å². The Morgan fingerprint density at radius 1 is 0.517 bits per heavy atom. The number of carboxylic acid groups (broad SMARTS) is 1. The number of carboxylic acids is 1. The summed E-state index contributed by atoms with van der Waals surface area (Å²) in [6.07, 6.45) is 53.2. The van der Waals surface area contributed by atoms with Gasteiger partial charge in [0.2, 0.25) is 0 Å². The molecular formula is C48H78NO10P. The molecule has 60 heavy (non-hydrogen) atoms. The van der Waals surface area contributed by atoms with Gasteiger partial charge >= 0.3 is 25.7 Å². The molecule has 0 aromatic rings. The molecule has 0 aliphatic rings. The SMILES string of the molecule is CC/C=C\C/C=C\C/C=C\C/C=C\CCCCCCCCC(=O)OC(COC(=O)CCCCCC/C=C\C/C=C\C/C=C\C/C=C\CC)COP(=O)(O)OCC(N)C(=O)O. The number of aliphatic carboxylic acids is 1. The predicted octanol–water partition coefficient (Wildman–Crippen LogP) is 12.1. The number of phosphoric acid groups is 1. The van der Waals surface area contributed by atoms with E-state index in [1.165, 1.54) is 0 Å². The van der Waals surface area contributed by atoms with Crippen molar-refractivity contribution in [3.8, 4) is 0 Å². The van der Waals surface area contributed by atoms with E-state index >= 15 is 0 Å². The summed E-state index contributed by atoms with van der Waals surface area (Å²) in [7, 11) is -4.74. The van der Waals surface area contributed by atoms with Crippen LogP contribution in [0.2, 0.25) is 0 Å². The Morgan fingerprint density at radius 3 is 1.32 bits per heavy atom. The molecule has 12 heteroatoms. The molecular weight excluding hydrogens is 781 g/mol. The monoisotopic (exact) mass is 860 g/mol. The molecule has 0 spiro atoms. The molecule has 0 bridgehead atoms. The van der Waals surface area contributed by atoms with Gasteiger partial charge in [-0.1, -0.05) is 150 Å². The van der Waals surface area contributed by atoms with Crippen molar-refractivity contribution in [2.75, 3.05) is 19.8 Å². The van der Waals surface area contributed by atoms with Gasteiger partial charge in [0, 0.05) is 12.8 Å². The Hall–Kier alpha value is -3.60. The number of phosphoric ester groups is 1. The number of hydrogen-bond acceptors (Lipinski definition) is 9. The normalized spacial score (nSPS) is 14.6. The second-order valence-electron chi connectivity index (χ2n) is 14.4. The zero-order valence-corrected chi connectivity index (χ0v) is 37.6. The first-order chi connectivity index (χ1) is 29.1. The first kappa shape index (κ1) is 56.4. The number of ether oxygens (including phenoxy) is 2. The molecule has 0 radical (unpaired) electrons. The van der Waals surface area contributed by atoms with E-state index in [4.69, 9.17) is 24.8 Å². The highest BCUT2D eigenvalue weighted by molar-refractivity contribution is 7.47. The number of esters is 2.